The maximum absolute atomic E-state index is 12.2. The van der Waals surface area contributed by atoms with Crippen LogP contribution in [0.3, 0.4) is 0 Å². The number of pyridine rings is 1. The molecular weight excluding hydrogens is 266 g/mol. The van der Waals surface area contributed by atoms with Gasteiger partial charge in [0, 0.05) is 12.6 Å². The number of alkyl halides is 6. The van der Waals surface area contributed by atoms with Crippen molar-refractivity contribution in [3.8, 4) is 5.88 Å². The molecule has 0 saturated carbocycles. The summed E-state index contributed by atoms with van der Waals surface area (Å²) < 4.78 is 77.0. The minimum atomic E-state index is -5.57. The Morgan fingerprint density at radius 2 is 1.67 bits per heavy atom. The Labute approximate surface area is 97.6 Å². The molecule has 0 saturated heterocycles. The normalized spacial score (nSPS) is 12.9. The third-order valence-corrected chi connectivity index (χ3v) is 1.82. The fourth-order valence-electron chi connectivity index (χ4n) is 1.08. The van der Waals surface area contributed by atoms with Crippen molar-refractivity contribution in [2.75, 3.05) is 0 Å². The lowest BCUT2D eigenvalue weighted by atomic mass is 10.3. The van der Waals surface area contributed by atoms with Crippen molar-refractivity contribution >= 4 is 0 Å². The number of nitrogens with two attached hydrogens (primary N) is 1. The lowest BCUT2D eigenvalue weighted by Gasteiger charge is -2.23. The number of hydrogen-bond donors (Lipinski definition) is 1. The molecule has 102 valence electrons. The molecule has 1 aromatic rings. The molecule has 0 amide bonds. The lowest BCUT2D eigenvalue weighted by molar-refractivity contribution is -0.300. The Bertz CT molecular complexity index is 389. The second-order valence-corrected chi connectivity index (χ2v) is 3.25. The summed E-state index contributed by atoms with van der Waals surface area (Å²) in [6.45, 7) is -0.125. The highest BCUT2D eigenvalue weighted by molar-refractivity contribution is 5.16. The number of nitrogens with zero attached hydrogens (tertiary/aromatic N) is 1. The van der Waals surface area contributed by atoms with Crippen LogP contribution in [-0.2, 0) is 6.54 Å². The van der Waals surface area contributed by atoms with Crippen molar-refractivity contribution < 1.29 is 31.1 Å². The van der Waals surface area contributed by atoms with Gasteiger partial charge in [-0.3, -0.25) is 0 Å². The number of halogens is 6. The third-order valence-electron chi connectivity index (χ3n) is 1.82. The summed E-state index contributed by atoms with van der Waals surface area (Å²) in [5, 5.41) is 0. The van der Waals surface area contributed by atoms with Crippen molar-refractivity contribution in [2.24, 2.45) is 5.73 Å². The Balaban J connectivity index is 2.97. The van der Waals surface area contributed by atoms with E-state index in [1.54, 1.807) is 0 Å². The van der Waals surface area contributed by atoms with Crippen LogP contribution in [0, 0.1) is 0 Å². The van der Waals surface area contributed by atoms with Gasteiger partial charge >= 0.3 is 12.4 Å². The number of rotatable bonds is 3. The average Bonchev–Trinajstić information content (AvgIpc) is 2.23. The largest absolute Gasteiger partial charge is 0.455 e. The van der Waals surface area contributed by atoms with Crippen LogP contribution in [0.25, 0.3) is 0 Å². The quantitative estimate of drug-likeness (QED) is 0.861. The van der Waals surface area contributed by atoms with Crippen LogP contribution >= 0.6 is 0 Å². The molecule has 0 fully saturated rings. The minimum absolute atomic E-state index is 0.121. The van der Waals surface area contributed by atoms with E-state index in [0.29, 0.717) is 0 Å². The monoisotopic (exact) mass is 274 g/mol. The molecule has 2 N–H and O–H groups in total. The Morgan fingerprint density at radius 1 is 1.11 bits per heavy atom. The molecule has 1 rings (SSSR count). The fourth-order valence-corrected chi connectivity index (χ4v) is 1.08. The van der Waals surface area contributed by atoms with Gasteiger partial charge in [-0.25, -0.2) is 4.98 Å². The van der Waals surface area contributed by atoms with E-state index in [0.717, 1.165) is 6.07 Å². The molecule has 9 heteroatoms. The van der Waals surface area contributed by atoms with Gasteiger partial charge in [-0.15, -0.1) is 0 Å². The lowest BCUT2D eigenvalue weighted by Crippen LogP contribution is -2.46. The zero-order valence-electron chi connectivity index (χ0n) is 8.72. The maximum Gasteiger partial charge on any atom is 0.434 e. The summed E-state index contributed by atoms with van der Waals surface area (Å²) in [7, 11) is 0. The van der Waals surface area contributed by atoms with Gasteiger partial charge in [-0.05, 0) is 6.07 Å². The summed E-state index contributed by atoms with van der Waals surface area (Å²) in [5.74, 6) is -0.780. The first-order chi connectivity index (χ1) is 8.14. The van der Waals surface area contributed by atoms with Crippen LogP contribution in [0.2, 0.25) is 0 Å². The van der Waals surface area contributed by atoms with E-state index in [1.165, 1.54) is 12.1 Å². The van der Waals surface area contributed by atoms with Crippen molar-refractivity contribution in [3.63, 3.8) is 0 Å². The number of hydrogen-bond acceptors (Lipinski definition) is 3. The second kappa shape index (κ2) is 5.01. The van der Waals surface area contributed by atoms with Gasteiger partial charge in [-0.1, -0.05) is 6.07 Å². The molecule has 0 bridgehead atoms. The molecule has 0 atom stereocenters. The topological polar surface area (TPSA) is 48.1 Å². The van der Waals surface area contributed by atoms with Gasteiger partial charge in [0.05, 0.1) is 5.69 Å². The van der Waals surface area contributed by atoms with Gasteiger partial charge in [-0.2, -0.15) is 26.3 Å². The third kappa shape index (κ3) is 3.76. The Kier molecular flexibility index (Phi) is 4.05. The van der Waals surface area contributed by atoms with Crippen LogP contribution in [0.4, 0.5) is 26.3 Å². The minimum Gasteiger partial charge on any atom is -0.455 e. The molecule has 0 aliphatic carbocycles. The van der Waals surface area contributed by atoms with Crippen molar-refractivity contribution in [2.45, 2.75) is 25.0 Å². The highest BCUT2D eigenvalue weighted by atomic mass is 19.4. The summed E-state index contributed by atoms with van der Waals surface area (Å²) in [6, 6.07) is 3.45. The van der Waals surface area contributed by atoms with Gasteiger partial charge < -0.3 is 10.5 Å². The SMILES string of the molecule is NCc1cccc(OC(C(F)(F)F)C(F)(F)F)n1. The molecule has 1 heterocycles. The van der Waals surface area contributed by atoms with Gasteiger partial charge in [0.15, 0.2) is 0 Å². The zero-order chi connectivity index (χ0) is 14.0. The van der Waals surface area contributed by atoms with Crippen molar-refractivity contribution in [1.29, 1.82) is 0 Å². The molecule has 0 unspecified atom stereocenters. The van der Waals surface area contributed by atoms with Crippen LogP contribution in [0.5, 0.6) is 5.88 Å². The van der Waals surface area contributed by atoms with E-state index in [4.69, 9.17) is 5.73 Å². The Morgan fingerprint density at radius 3 is 2.11 bits per heavy atom. The van der Waals surface area contributed by atoms with Crippen LogP contribution < -0.4 is 10.5 Å². The van der Waals surface area contributed by atoms with Gasteiger partial charge in [0.25, 0.3) is 6.10 Å². The summed E-state index contributed by atoms with van der Waals surface area (Å²) in [4.78, 5) is 3.41. The summed E-state index contributed by atoms with van der Waals surface area (Å²) in [6.07, 6.45) is -15.1. The number of ether oxygens (including phenoxy) is 1. The standard InChI is InChI=1S/C9H8F6N2O/c10-8(11,12)7(9(13,14)15)18-6-3-1-2-5(4-16)17-6/h1-3,7H,4,16H2. The maximum atomic E-state index is 12.2. The summed E-state index contributed by atoms with van der Waals surface area (Å²) in [5.41, 5.74) is 5.28. The molecule has 18 heavy (non-hydrogen) atoms. The molecule has 1 aromatic heterocycles. The molecule has 0 aliphatic heterocycles. The molecule has 0 spiro atoms. The van der Waals surface area contributed by atoms with E-state index in [2.05, 4.69) is 9.72 Å². The first kappa shape index (κ1) is 14.6. The van der Waals surface area contributed by atoms with Crippen LogP contribution in [0.1, 0.15) is 5.69 Å². The van der Waals surface area contributed by atoms with Crippen molar-refractivity contribution in [3.05, 3.63) is 23.9 Å². The van der Waals surface area contributed by atoms with E-state index < -0.39 is 24.3 Å². The van der Waals surface area contributed by atoms with E-state index >= 15 is 0 Å². The highest BCUT2D eigenvalue weighted by Crippen LogP contribution is 2.35. The second-order valence-electron chi connectivity index (χ2n) is 3.25. The molecular formula is C9H8F6N2O. The fraction of sp³-hybridized carbons (Fsp3) is 0.444. The molecule has 0 aliphatic rings. The Hall–Kier alpha value is -1.51. The summed E-state index contributed by atoms with van der Waals surface area (Å²) >= 11 is 0. The first-order valence-electron chi connectivity index (χ1n) is 4.60. The van der Waals surface area contributed by atoms with Gasteiger partial charge in [0.2, 0.25) is 5.88 Å². The first-order valence-corrected chi connectivity index (χ1v) is 4.60. The predicted octanol–water partition coefficient (Wildman–Crippen LogP) is 2.41. The molecule has 3 nitrogen and oxygen atoms in total. The van der Waals surface area contributed by atoms with Crippen LogP contribution in [0.15, 0.2) is 18.2 Å². The van der Waals surface area contributed by atoms with Gasteiger partial charge in [0.1, 0.15) is 0 Å². The van der Waals surface area contributed by atoms with E-state index in [9.17, 15) is 26.3 Å². The van der Waals surface area contributed by atoms with E-state index in [1.807, 2.05) is 0 Å². The smallest absolute Gasteiger partial charge is 0.434 e. The average molecular weight is 274 g/mol. The van der Waals surface area contributed by atoms with Crippen molar-refractivity contribution in [1.82, 2.24) is 4.98 Å². The predicted molar refractivity (Wildman–Crippen MR) is 48.7 cm³/mol. The molecule has 0 aromatic carbocycles. The number of aromatic nitrogens is 1. The van der Waals surface area contributed by atoms with Crippen LogP contribution in [-0.4, -0.2) is 23.4 Å². The zero-order valence-corrected chi connectivity index (χ0v) is 8.72. The highest BCUT2D eigenvalue weighted by Gasteiger charge is 2.59. The van der Waals surface area contributed by atoms with E-state index in [-0.39, 0.29) is 12.2 Å². The molecule has 0 radical (unpaired) electrons.